The molecule has 2 rings (SSSR count). The highest BCUT2D eigenvalue weighted by molar-refractivity contribution is 5.46. The lowest BCUT2D eigenvalue weighted by Gasteiger charge is -2.35. The summed E-state index contributed by atoms with van der Waals surface area (Å²) in [5.74, 6) is 0. The molecule has 1 aromatic carbocycles. The predicted octanol–water partition coefficient (Wildman–Crippen LogP) is 3.56. The molecule has 1 fully saturated rings. The summed E-state index contributed by atoms with van der Waals surface area (Å²) >= 11 is 0. The van der Waals surface area contributed by atoms with Gasteiger partial charge in [-0.15, -0.1) is 0 Å². The lowest BCUT2D eigenvalue weighted by molar-refractivity contribution is 0.232. The van der Waals surface area contributed by atoms with Crippen LogP contribution in [0.2, 0.25) is 0 Å². The number of benzene rings is 1. The van der Waals surface area contributed by atoms with E-state index in [-0.39, 0.29) is 6.61 Å². The first-order valence-electron chi connectivity index (χ1n) is 6.55. The van der Waals surface area contributed by atoms with Gasteiger partial charge in [-0.25, -0.2) is 0 Å². The molecule has 0 spiro atoms. The topological polar surface area (TPSA) is 32.3 Å². The van der Waals surface area contributed by atoms with E-state index in [0.717, 1.165) is 11.3 Å². The minimum Gasteiger partial charge on any atom is -0.392 e. The van der Waals surface area contributed by atoms with Crippen molar-refractivity contribution in [2.45, 2.75) is 52.2 Å². The highest BCUT2D eigenvalue weighted by atomic mass is 16.3. The second-order valence-electron chi connectivity index (χ2n) is 5.94. The SMILES string of the molecule is CC1(C)CCC(Nc2cccc(CO)c2)CC1. The summed E-state index contributed by atoms with van der Waals surface area (Å²) in [6, 6.07) is 8.67. The van der Waals surface area contributed by atoms with Crippen LogP contribution in [0.5, 0.6) is 0 Å². The van der Waals surface area contributed by atoms with E-state index in [1.165, 1.54) is 25.7 Å². The number of rotatable bonds is 3. The molecule has 1 aliphatic carbocycles. The molecule has 2 nitrogen and oxygen atoms in total. The van der Waals surface area contributed by atoms with Crippen molar-refractivity contribution < 1.29 is 5.11 Å². The molecule has 0 aromatic heterocycles. The summed E-state index contributed by atoms with van der Waals surface area (Å²) in [5, 5.41) is 12.7. The molecule has 0 saturated heterocycles. The Kier molecular flexibility index (Phi) is 3.72. The quantitative estimate of drug-likeness (QED) is 0.836. The Labute approximate surface area is 104 Å². The lowest BCUT2D eigenvalue weighted by atomic mass is 9.75. The van der Waals surface area contributed by atoms with Crippen molar-refractivity contribution in [2.75, 3.05) is 5.32 Å². The minimum absolute atomic E-state index is 0.118. The molecule has 0 bridgehead atoms. The molecule has 94 valence electrons. The van der Waals surface area contributed by atoms with Gasteiger partial charge in [0, 0.05) is 11.7 Å². The second kappa shape index (κ2) is 5.09. The van der Waals surface area contributed by atoms with Gasteiger partial charge >= 0.3 is 0 Å². The zero-order valence-corrected chi connectivity index (χ0v) is 10.9. The molecular weight excluding hydrogens is 210 g/mol. The zero-order valence-electron chi connectivity index (χ0n) is 10.9. The molecule has 2 N–H and O–H groups in total. The molecule has 0 heterocycles. The number of aliphatic hydroxyl groups is 1. The fourth-order valence-corrected chi connectivity index (χ4v) is 2.54. The van der Waals surface area contributed by atoms with Gasteiger partial charge in [0.25, 0.3) is 0 Å². The maximum Gasteiger partial charge on any atom is 0.0682 e. The van der Waals surface area contributed by atoms with Gasteiger partial charge in [0.1, 0.15) is 0 Å². The summed E-state index contributed by atoms with van der Waals surface area (Å²) in [7, 11) is 0. The van der Waals surface area contributed by atoms with Crippen molar-refractivity contribution in [1.29, 1.82) is 0 Å². The van der Waals surface area contributed by atoms with Crippen LogP contribution in [0.4, 0.5) is 5.69 Å². The highest BCUT2D eigenvalue weighted by Crippen LogP contribution is 2.36. The molecule has 0 atom stereocenters. The first-order valence-corrected chi connectivity index (χ1v) is 6.55. The van der Waals surface area contributed by atoms with Gasteiger partial charge in [-0.2, -0.15) is 0 Å². The fraction of sp³-hybridized carbons (Fsp3) is 0.600. The van der Waals surface area contributed by atoms with Crippen LogP contribution < -0.4 is 5.32 Å². The van der Waals surface area contributed by atoms with Crippen molar-refractivity contribution in [3.8, 4) is 0 Å². The average molecular weight is 233 g/mol. The molecule has 1 aliphatic rings. The molecule has 1 saturated carbocycles. The monoisotopic (exact) mass is 233 g/mol. The van der Waals surface area contributed by atoms with Crippen LogP contribution >= 0.6 is 0 Å². The highest BCUT2D eigenvalue weighted by Gasteiger charge is 2.26. The Balaban J connectivity index is 1.93. The van der Waals surface area contributed by atoms with Gasteiger partial charge in [0.2, 0.25) is 0 Å². The summed E-state index contributed by atoms with van der Waals surface area (Å²) in [5.41, 5.74) is 2.64. The molecule has 2 heteroatoms. The van der Waals surface area contributed by atoms with E-state index in [1.54, 1.807) is 0 Å². The minimum atomic E-state index is 0.118. The Hall–Kier alpha value is -1.02. The largest absolute Gasteiger partial charge is 0.392 e. The van der Waals surface area contributed by atoms with E-state index in [9.17, 15) is 0 Å². The molecule has 0 unspecified atom stereocenters. The number of hydrogen-bond acceptors (Lipinski definition) is 2. The van der Waals surface area contributed by atoms with Crippen LogP contribution in [0.1, 0.15) is 45.1 Å². The smallest absolute Gasteiger partial charge is 0.0682 e. The van der Waals surface area contributed by atoms with Crippen molar-refractivity contribution in [2.24, 2.45) is 5.41 Å². The molecular formula is C15H23NO. The molecule has 0 amide bonds. The maximum absolute atomic E-state index is 9.11. The van der Waals surface area contributed by atoms with Crippen molar-refractivity contribution >= 4 is 5.69 Å². The van der Waals surface area contributed by atoms with Crippen LogP contribution in [-0.4, -0.2) is 11.1 Å². The van der Waals surface area contributed by atoms with E-state index < -0.39 is 0 Å². The van der Waals surface area contributed by atoms with Crippen LogP contribution in [0.15, 0.2) is 24.3 Å². The second-order valence-corrected chi connectivity index (χ2v) is 5.94. The predicted molar refractivity (Wildman–Crippen MR) is 72.0 cm³/mol. The lowest BCUT2D eigenvalue weighted by Crippen LogP contribution is -2.29. The van der Waals surface area contributed by atoms with Gasteiger partial charge in [-0.05, 0) is 48.8 Å². The normalized spacial score (nSPS) is 20.2. The van der Waals surface area contributed by atoms with Crippen molar-refractivity contribution in [3.63, 3.8) is 0 Å². The third-order valence-corrected chi connectivity index (χ3v) is 3.82. The summed E-state index contributed by atoms with van der Waals surface area (Å²) in [6.45, 7) is 4.83. The fourth-order valence-electron chi connectivity index (χ4n) is 2.54. The van der Waals surface area contributed by atoms with E-state index in [1.807, 2.05) is 18.2 Å². The maximum atomic E-state index is 9.11. The van der Waals surface area contributed by atoms with Gasteiger partial charge in [-0.1, -0.05) is 26.0 Å². The standard InChI is InChI=1S/C15H23NO/c1-15(2)8-6-13(7-9-15)16-14-5-3-4-12(10-14)11-17/h3-5,10,13,16-17H,6-9,11H2,1-2H3. The third kappa shape index (κ3) is 3.47. The van der Waals surface area contributed by atoms with E-state index in [2.05, 4.69) is 25.2 Å². The van der Waals surface area contributed by atoms with Crippen molar-refractivity contribution in [3.05, 3.63) is 29.8 Å². The number of aliphatic hydroxyl groups excluding tert-OH is 1. The van der Waals surface area contributed by atoms with Gasteiger partial charge in [0.05, 0.1) is 6.61 Å². The molecule has 1 aromatic rings. The summed E-state index contributed by atoms with van der Waals surface area (Å²) in [4.78, 5) is 0. The molecule has 17 heavy (non-hydrogen) atoms. The average Bonchev–Trinajstić information content (AvgIpc) is 2.32. The van der Waals surface area contributed by atoms with Crippen LogP contribution in [0.3, 0.4) is 0 Å². The Bertz CT molecular complexity index is 363. The number of hydrogen-bond donors (Lipinski definition) is 2. The van der Waals surface area contributed by atoms with Crippen LogP contribution in [0, 0.1) is 5.41 Å². The summed E-state index contributed by atoms with van der Waals surface area (Å²) < 4.78 is 0. The Morgan fingerprint density at radius 1 is 1.29 bits per heavy atom. The van der Waals surface area contributed by atoms with E-state index >= 15 is 0 Å². The number of anilines is 1. The van der Waals surface area contributed by atoms with E-state index in [4.69, 9.17) is 5.11 Å². The third-order valence-electron chi connectivity index (χ3n) is 3.82. The van der Waals surface area contributed by atoms with Crippen molar-refractivity contribution in [1.82, 2.24) is 0 Å². The van der Waals surface area contributed by atoms with Crippen LogP contribution in [0.25, 0.3) is 0 Å². The van der Waals surface area contributed by atoms with Crippen LogP contribution in [-0.2, 0) is 6.61 Å². The van der Waals surface area contributed by atoms with Gasteiger partial charge < -0.3 is 10.4 Å². The Morgan fingerprint density at radius 2 is 2.00 bits per heavy atom. The number of nitrogens with one attached hydrogen (secondary N) is 1. The molecule has 0 radical (unpaired) electrons. The molecule has 0 aliphatic heterocycles. The zero-order chi connectivity index (χ0) is 12.3. The first kappa shape index (κ1) is 12.4. The van der Waals surface area contributed by atoms with E-state index in [0.29, 0.717) is 11.5 Å². The van der Waals surface area contributed by atoms with Gasteiger partial charge in [-0.3, -0.25) is 0 Å². The first-order chi connectivity index (χ1) is 8.09. The van der Waals surface area contributed by atoms with Gasteiger partial charge in [0.15, 0.2) is 0 Å². The summed E-state index contributed by atoms with van der Waals surface area (Å²) in [6.07, 6.45) is 5.08. The Morgan fingerprint density at radius 3 is 2.65 bits per heavy atom.